The van der Waals surface area contributed by atoms with E-state index in [2.05, 4.69) is 20.2 Å². The summed E-state index contributed by atoms with van der Waals surface area (Å²) < 4.78 is 13.7. The van der Waals surface area contributed by atoms with E-state index in [0.717, 1.165) is 36.2 Å². The Bertz CT molecular complexity index is 991. The number of benzene rings is 2. The molecule has 3 aromatic rings. The summed E-state index contributed by atoms with van der Waals surface area (Å²) in [5.41, 5.74) is 2.75. The summed E-state index contributed by atoms with van der Waals surface area (Å²) in [4.78, 5) is 23.9. The number of hydrogen-bond acceptors (Lipinski definition) is 4. The second-order valence-corrected chi connectivity index (χ2v) is 6.96. The predicted octanol–water partition coefficient (Wildman–Crippen LogP) is 3.93. The number of nitrogens with one attached hydrogen (secondary N) is 1. The second kappa shape index (κ2) is 7.31. The highest BCUT2D eigenvalue weighted by Crippen LogP contribution is 2.24. The molecule has 1 amide bonds. The van der Waals surface area contributed by atoms with E-state index < -0.39 is 0 Å². The lowest BCUT2D eigenvalue weighted by Gasteiger charge is -2.32. The number of halogens is 1. The number of fused-ring (bicyclic) bond motifs is 1. The molecule has 0 unspecified atom stereocenters. The lowest BCUT2D eigenvalue weighted by atomic mass is 9.97. The average molecular weight is 364 g/mol. The number of hydrogen-bond donors (Lipinski definition) is 1. The number of rotatable bonds is 3. The lowest BCUT2D eigenvalue weighted by molar-refractivity contribution is -0.120. The summed E-state index contributed by atoms with van der Waals surface area (Å²) in [6.45, 7) is 3.12. The molecule has 138 valence electrons. The van der Waals surface area contributed by atoms with Gasteiger partial charge in [0.25, 0.3) is 0 Å². The van der Waals surface area contributed by atoms with Crippen LogP contribution in [-0.2, 0) is 4.79 Å². The van der Waals surface area contributed by atoms with Gasteiger partial charge < -0.3 is 10.2 Å². The maximum absolute atomic E-state index is 13.7. The molecule has 0 aliphatic carbocycles. The van der Waals surface area contributed by atoms with Crippen LogP contribution in [0.4, 0.5) is 15.9 Å². The average Bonchev–Trinajstić information content (AvgIpc) is 2.70. The molecule has 0 bridgehead atoms. The number of aryl methyl sites for hydroxylation is 1. The number of para-hydroxylation sites is 2. The summed E-state index contributed by atoms with van der Waals surface area (Å²) >= 11 is 0. The number of aromatic nitrogens is 2. The molecule has 1 aliphatic heterocycles. The third-order valence-electron chi connectivity index (χ3n) is 4.99. The van der Waals surface area contributed by atoms with Crippen LogP contribution in [0.15, 0.2) is 48.7 Å². The van der Waals surface area contributed by atoms with Gasteiger partial charge in [0, 0.05) is 18.8 Å². The van der Waals surface area contributed by atoms with Gasteiger partial charge in [0.2, 0.25) is 5.91 Å². The smallest absolute Gasteiger partial charge is 0.229 e. The minimum absolute atomic E-state index is 0.0864. The van der Waals surface area contributed by atoms with E-state index in [1.54, 1.807) is 25.3 Å². The van der Waals surface area contributed by atoms with Crippen molar-refractivity contribution in [2.45, 2.75) is 19.8 Å². The molecule has 27 heavy (non-hydrogen) atoms. The topological polar surface area (TPSA) is 58.1 Å². The van der Waals surface area contributed by atoms with Crippen LogP contribution in [0.25, 0.3) is 11.0 Å². The number of amides is 1. The van der Waals surface area contributed by atoms with E-state index in [1.165, 1.54) is 6.07 Å². The van der Waals surface area contributed by atoms with Crippen molar-refractivity contribution >= 4 is 28.4 Å². The van der Waals surface area contributed by atoms with Crippen molar-refractivity contribution < 1.29 is 9.18 Å². The van der Waals surface area contributed by atoms with E-state index in [0.29, 0.717) is 17.8 Å². The van der Waals surface area contributed by atoms with Crippen molar-refractivity contribution in [2.75, 3.05) is 23.3 Å². The monoisotopic (exact) mass is 364 g/mol. The zero-order valence-corrected chi connectivity index (χ0v) is 15.2. The Balaban J connectivity index is 1.48. The van der Waals surface area contributed by atoms with E-state index in [-0.39, 0.29) is 17.6 Å². The Kier molecular flexibility index (Phi) is 4.71. The van der Waals surface area contributed by atoms with Crippen LogP contribution in [0.2, 0.25) is 0 Å². The number of carbonyl (C=O) groups excluding carboxylic acids is 1. The Labute approximate surface area is 157 Å². The highest BCUT2D eigenvalue weighted by atomic mass is 19.1. The normalized spacial score (nSPS) is 17.1. The number of piperidine rings is 1. The fourth-order valence-corrected chi connectivity index (χ4v) is 3.41. The van der Waals surface area contributed by atoms with Gasteiger partial charge in [-0.3, -0.25) is 9.78 Å². The van der Waals surface area contributed by atoms with E-state index >= 15 is 0 Å². The van der Waals surface area contributed by atoms with Gasteiger partial charge in [-0.05, 0) is 49.6 Å². The van der Waals surface area contributed by atoms with Gasteiger partial charge in [0.15, 0.2) is 0 Å². The first kappa shape index (κ1) is 17.4. The summed E-state index contributed by atoms with van der Waals surface area (Å²) in [5, 5.41) is 2.84. The molecule has 1 aliphatic rings. The molecule has 2 heterocycles. The Morgan fingerprint density at radius 2 is 2.04 bits per heavy atom. The molecule has 1 fully saturated rings. The van der Waals surface area contributed by atoms with Gasteiger partial charge >= 0.3 is 0 Å². The molecular formula is C21H21FN4O. The maximum Gasteiger partial charge on any atom is 0.229 e. The van der Waals surface area contributed by atoms with Crippen LogP contribution in [0.5, 0.6) is 0 Å². The zero-order valence-electron chi connectivity index (χ0n) is 15.2. The molecule has 2 aromatic carbocycles. The molecule has 1 N–H and O–H groups in total. The van der Waals surface area contributed by atoms with E-state index in [4.69, 9.17) is 0 Å². The molecule has 4 rings (SSSR count). The van der Waals surface area contributed by atoms with E-state index in [9.17, 15) is 9.18 Å². The van der Waals surface area contributed by atoms with Crippen molar-refractivity contribution in [3.8, 4) is 0 Å². The Morgan fingerprint density at radius 3 is 2.85 bits per heavy atom. The van der Waals surface area contributed by atoms with Gasteiger partial charge in [-0.1, -0.05) is 18.2 Å². The minimum Gasteiger partial charge on any atom is -0.355 e. The molecule has 5 nitrogen and oxygen atoms in total. The third kappa shape index (κ3) is 3.74. The fraction of sp³-hybridized carbons (Fsp3) is 0.286. The third-order valence-corrected chi connectivity index (χ3v) is 4.99. The van der Waals surface area contributed by atoms with Crippen LogP contribution in [-0.4, -0.2) is 29.0 Å². The van der Waals surface area contributed by atoms with Crippen LogP contribution < -0.4 is 10.2 Å². The predicted molar refractivity (Wildman–Crippen MR) is 104 cm³/mol. The largest absolute Gasteiger partial charge is 0.355 e. The van der Waals surface area contributed by atoms with Crippen LogP contribution >= 0.6 is 0 Å². The zero-order chi connectivity index (χ0) is 18.8. The van der Waals surface area contributed by atoms with Gasteiger partial charge in [0.05, 0.1) is 23.1 Å². The lowest BCUT2D eigenvalue weighted by Crippen LogP contribution is -2.41. The molecule has 0 spiro atoms. The first-order valence-corrected chi connectivity index (χ1v) is 9.14. The highest BCUT2D eigenvalue weighted by Gasteiger charge is 2.27. The number of nitrogens with zero attached hydrogens (tertiary/aromatic N) is 3. The summed E-state index contributed by atoms with van der Waals surface area (Å²) in [7, 11) is 0. The summed E-state index contributed by atoms with van der Waals surface area (Å²) in [6.07, 6.45) is 3.46. The molecular weight excluding hydrogens is 343 g/mol. The SMILES string of the molecule is Cc1ccc(NC(=O)[C@@H]2CCCN(c3cnc4ccccc4n3)C2)cc1F. The standard InChI is InChI=1S/C21H21FN4O/c1-14-8-9-16(11-17(14)22)24-21(27)15-5-4-10-26(13-15)20-12-23-18-6-2-3-7-19(18)25-20/h2-3,6-9,11-12,15H,4-5,10,13H2,1H3,(H,24,27)/t15-/m1/s1. The van der Waals surface area contributed by atoms with Crippen LogP contribution in [0.1, 0.15) is 18.4 Å². The van der Waals surface area contributed by atoms with Crippen molar-refractivity contribution in [1.82, 2.24) is 9.97 Å². The molecule has 1 atom stereocenters. The van der Waals surface area contributed by atoms with Gasteiger partial charge in [0.1, 0.15) is 11.6 Å². The Hall–Kier alpha value is -3.02. The molecule has 1 saturated heterocycles. The van der Waals surface area contributed by atoms with Gasteiger partial charge in [-0.2, -0.15) is 0 Å². The molecule has 6 heteroatoms. The molecule has 0 radical (unpaired) electrons. The summed E-state index contributed by atoms with van der Waals surface area (Å²) in [5.74, 6) is 0.213. The van der Waals surface area contributed by atoms with Crippen molar-refractivity contribution in [1.29, 1.82) is 0 Å². The quantitative estimate of drug-likeness (QED) is 0.765. The molecule has 0 saturated carbocycles. The molecule has 1 aromatic heterocycles. The van der Waals surface area contributed by atoms with Crippen LogP contribution in [0, 0.1) is 18.7 Å². The van der Waals surface area contributed by atoms with Crippen LogP contribution in [0.3, 0.4) is 0 Å². The second-order valence-electron chi connectivity index (χ2n) is 6.96. The van der Waals surface area contributed by atoms with E-state index in [1.807, 2.05) is 24.3 Å². The van der Waals surface area contributed by atoms with Gasteiger partial charge in [-0.15, -0.1) is 0 Å². The maximum atomic E-state index is 13.7. The first-order valence-electron chi connectivity index (χ1n) is 9.14. The van der Waals surface area contributed by atoms with Crippen molar-refractivity contribution in [3.05, 3.63) is 60.0 Å². The van der Waals surface area contributed by atoms with Crippen molar-refractivity contribution in [3.63, 3.8) is 0 Å². The fourth-order valence-electron chi connectivity index (χ4n) is 3.41. The number of carbonyl (C=O) groups is 1. The minimum atomic E-state index is -0.315. The Morgan fingerprint density at radius 1 is 1.22 bits per heavy atom. The summed E-state index contributed by atoms with van der Waals surface area (Å²) in [6, 6.07) is 12.5. The van der Waals surface area contributed by atoms with Gasteiger partial charge in [-0.25, -0.2) is 9.37 Å². The first-order chi connectivity index (χ1) is 13.1. The number of anilines is 2. The highest BCUT2D eigenvalue weighted by molar-refractivity contribution is 5.93. The van der Waals surface area contributed by atoms with Crippen molar-refractivity contribution in [2.24, 2.45) is 5.92 Å².